The number of carbonyl (C=O) groups is 1. The van der Waals surface area contributed by atoms with Crippen LogP contribution in [0.1, 0.15) is 21.5 Å². The van der Waals surface area contributed by atoms with Gasteiger partial charge in [-0.1, -0.05) is 23.7 Å². The van der Waals surface area contributed by atoms with E-state index in [1.165, 1.54) is 6.07 Å². The van der Waals surface area contributed by atoms with E-state index in [2.05, 4.69) is 10.9 Å². The molecule has 2 aromatic carbocycles. The van der Waals surface area contributed by atoms with Gasteiger partial charge in [0.25, 0.3) is 11.6 Å². The summed E-state index contributed by atoms with van der Waals surface area (Å²) in [7, 11) is 0. The molecule has 0 atom stereocenters. The lowest BCUT2D eigenvalue weighted by molar-refractivity contribution is -0.385. The monoisotopic (exact) mass is 302 g/mol. The van der Waals surface area contributed by atoms with Crippen molar-refractivity contribution in [3.63, 3.8) is 0 Å². The van der Waals surface area contributed by atoms with Crippen LogP contribution in [0.3, 0.4) is 0 Å². The zero-order chi connectivity index (χ0) is 15.0. The molecule has 2 aromatic rings. The van der Waals surface area contributed by atoms with Crippen LogP contribution >= 0.6 is 11.6 Å². The predicted molar refractivity (Wildman–Crippen MR) is 77.4 cm³/mol. The van der Waals surface area contributed by atoms with Gasteiger partial charge in [-0.2, -0.15) is 0 Å². The number of hydrogen-bond acceptors (Lipinski definition) is 4. The maximum atomic E-state index is 11.5. The number of anilines is 1. The van der Waals surface area contributed by atoms with Crippen LogP contribution in [0.5, 0.6) is 0 Å². The molecule has 1 heterocycles. The Labute approximate surface area is 124 Å². The number of nitro groups is 1. The van der Waals surface area contributed by atoms with Gasteiger partial charge in [0.2, 0.25) is 0 Å². The molecule has 21 heavy (non-hydrogen) atoms. The van der Waals surface area contributed by atoms with Crippen molar-refractivity contribution in [3.8, 4) is 0 Å². The molecule has 3 rings (SSSR count). The smallest absolute Gasteiger partial charge is 0.274 e. The molecular formula is C14H9ClN3O3. The zero-order valence-corrected chi connectivity index (χ0v) is 11.4. The largest absolute Gasteiger partial charge is 0.295 e. The highest BCUT2D eigenvalue weighted by Crippen LogP contribution is 2.31. The number of rotatable bonds is 3. The summed E-state index contributed by atoms with van der Waals surface area (Å²) >= 11 is 5.82. The van der Waals surface area contributed by atoms with E-state index in [9.17, 15) is 14.9 Å². The summed E-state index contributed by atoms with van der Waals surface area (Å²) in [5.41, 5.74) is 8.15. The Hall–Kier alpha value is -2.60. The molecule has 1 aliphatic heterocycles. The summed E-state index contributed by atoms with van der Waals surface area (Å²) in [6.45, 7) is 0. The van der Waals surface area contributed by atoms with Gasteiger partial charge in [0.05, 0.1) is 16.2 Å². The molecular weight excluding hydrogens is 294 g/mol. The summed E-state index contributed by atoms with van der Waals surface area (Å²) in [5.74, 6) is -0.494. The van der Waals surface area contributed by atoms with E-state index >= 15 is 0 Å². The maximum Gasteiger partial charge on any atom is 0.295 e. The number of carbonyl (C=O) groups excluding carboxylic acids is 1. The van der Waals surface area contributed by atoms with Crippen LogP contribution in [0.2, 0.25) is 5.02 Å². The van der Waals surface area contributed by atoms with Crippen LogP contribution in [0.4, 0.5) is 11.4 Å². The summed E-state index contributed by atoms with van der Waals surface area (Å²) in [4.78, 5) is 22.2. The molecule has 6 nitrogen and oxygen atoms in total. The van der Waals surface area contributed by atoms with Gasteiger partial charge >= 0.3 is 0 Å². The van der Waals surface area contributed by atoms with Gasteiger partial charge in [-0.25, -0.2) is 0 Å². The molecule has 0 saturated heterocycles. The van der Waals surface area contributed by atoms with Gasteiger partial charge in [-0.05, 0) is 23.8 Å². The molecule has 105 valence electrons. The van der Waals surface area contributed by atoms with E-state index in [4.69, 9.17) is 11.6 Å². The minimum Gasteiger partial charge on any atom is -0.274 e. The van der Waals surface area contributed by atoms with Crippen molar-refractivity contribution < 1.29 is 9.72 Å². The molecule has 7 heteroatoms. The molecule has 1 radical (unpaired) electrons. The van der Waals surface area contributed by atoms with E-state index < -0.39 is 10.8 Å². The number of nitro benzene ring substituents is 1. The van der Waals surface area contributed by atoms with Crippen molar-refractivity contribution in [2.45, 2.75) is 6.42 Å². The van der Waals surface area contributed by atoms with Gasteiger partial charge in [0.1, 0.15) is 0 Å². The molecule has 1 N–H and O–H groups in total. The van der Waals surface area contributed by atoms with Crippen LogP contribution in [-0.2, 0) is 6.42 Å². The van der Waals surface area contributed by atoms with Gasteiger partial charge in [0, 0.05) is 23.1 Å². The lowest BCUT2D eigenvalue weighted by atomic mass is 10.0. The van der Waals surface area contributed by atoms with Gasteiger partial charge in [-0.15, -0.1) is 5.43 Å². The Bertz CT molecular complexity index is 744. The van der Waals surface area contributed by atoms with E-state index in [0.29, 0.717) is 22.7 Å². The number of fused-ring (bicyclic) bond motifs is 1. The fourth-order valence-electron chi connectivity index (χ4n) is 2.21. The third kappa shape index (κ3) is 2.53. The number of hydrogen-bond donors (Lipinski definition) is 1. The Morgan fingerprint density at radius 1 is 1.24 bits per heavy atom. The number of halogens is 1. The Morgan fingerprint density at radius 3 is 2.62 bits per heavy atom. The Kier molecular flexibility index (Phi) is 3.23. The van der Waals surface area contributed by atoms with Gasteiger partial charge in [0.15, 0.2) is 0 Å². The van der Waals surface area contributed by atoms with Crippen LogP contribution in [0.15, 0.2) is 36.4 Å². The first-order valence-corrected chi connectivity index (χ1v) is 6.49. The summed E-state index contributed by atoms with van der Waals surface area (Å²) < 4.78 is 0. The second-order valence-electron chi connectivity index (χ2n) is 4.62. The Morgan fingerprint density at radius 2 is 1.95 bits per heavy atom. The fourth-order valence-corrected chi connectivity index (χ4v) is 2.33. The van der Waals surface area contributed by atoms with Crippen molar-refractivity contribution in [3.05, 3.63) is 68.2 Å². The second-order valence-corrected chi connectivity index (χ2v) is 5.05. The first kappa shape index (κ1) is 13.4. The minimum atomic E-state index is -0.494. The van der Waals surface area contributed by atoms with Crippen molar-refractivity contribution in [1.82, 2.24) is 5.43 Å². The molecule has 0 aliphatic carbocycles. The summed E-state index contributed by atoms with van der Waals surface area (Å²) in [5, 5.41) is 11.8. The van der Waals surface area contributed by atoms with Crippen LogP contribution in [-0.4, -0.2) is 10.8 Å². The highest BCUT2D eigenvalue weighted by Gasteiger charge is 2.26. The second kappa shape index (κ2) is 5.06. The van der Waals surface area contributed by atoms with E-state index in [1.54, 1.807) is 18.2 Å². The highest BCUT2D eigenvalue weighted by atomic mass is 35.5. The normalized spacial score (nSPS) is 12.5. The SMILES string of the molecule is O=C1[N]Nc2cc(Cc3ccc(Cl)cc3)c([N+](=O)[O-])cc21. The fraction of sp³-hybridized carbons (Fsp3) is 0.0714. The first-order valence-electron chi connectivity index (χ1n) is 6.11. The van der Waals surface area contributed by atoms with Crippen molar-refractivity contribution >= 4 is 28.9 Å². The maximum absolute atomic E-state index is 11.5. The van der Waals surface area contributed by atoms with Gasteiger partial charge < -0.3 is 0 Å². The third-order valence-corrected chi connectivity index (χ3v) is 3.48. The molecule has 0 saturated carbocycles. The number of nitrogens with one attached hydrogen (secondary N) is 1. The van der Waals surface area contributed by atoms with Crippen LogP contribution < -0.4 is 10.9 Å². The summed E-state index contributed by atoms with van der Waals surface area (Å²) in [6.07, 6.45) is 0.372. The van der Waals surface area contributed by atoms with Gasteiger partial charge in [-0.3, -0.25) is 20.3 Å². The minimum absolute atomic E-state index is 0.0871. The first-order chi connectivity index (χ1) is 10.0. The van der Waals surface area contributed by atoms with Crippen molar-refractivity contribution in [2.24, 2.45) is 0 Å². The number of nitrogens with zero attached hydrogens (tertiary/aromatic N) is 2. The number of amides is 1. The van der Waals surface area contributed by atoms with E-state index in [-0.39, 0.29) is 11.3 Å². The molecule has 0 aromatic heterocycles. The lowest BCUT2D eigenvalue weighted by Crippen LogP contribution is -2.10. The molecule has 0 spiro atoms. The molecule has 0 unspecified atom stereocenters. The third-order valence-electron chi connectivity index (χ3n) is 3.23. The average Bonchev–Trinajstić information content (AvgIpc) is 2.81. The quantitative estimate of drug-likeness (QED) is 0.697. The Balaban J connectivity index is 2.03. The molecule has 1 aliphatic rings. The molecule has 1 amide bonds. The average molecular weight is 303 g/mol. The van der Waals surface area contributed by atoms with Crippen LogP contribution in [0, 0.1) is 10.1 Å². The van der Waals surface area contributed by atoms with Crippen LogP contribution in [0.25, 0.3) is 0 Å². The molecule has 0 fully saturated rings. The van der Waals surface area contributed by atoms with Crippen molar-refractivity contribution in [1.29, 1.82) is 0 Å². The zero-order valence-electron chi connectivity index (χ0n) is 10.7. The predicted octanol–water partition coefficient (Wildman–Crippen LogP) is 2.92. The lowest BCUT2D eigenvalue weighted by Gasteiger charge is -2.06. The van der Waals surface area contributed by atoms with E-state index in [1.807, 2.05) is 12.1 Å². The highest BCUT2D eigenvalue weighted by molar-refractivity contribution is 6.30. The summed E-state index contributed by atoms with van der Waals surface area (Å²) in [6, 6.07) is 9.94. The number of benzene rings is 2. The standard InChI is InChI=1S/C14H9ClN3O3/c15-10-3-1-8(2-4-10)5-9-6-12-11(14(19)17-16-12)7-13(9)18(20)21/h1-4,6-7,16H,5H2. The van der Waals surface area contributed by atoms with E-state index in [0.717, 1.165) is 5.56 Å². The van der Waals surface area contributed by atoms with Crippen molar-refractivity contribution in [2.75, 3.05) is 5.43 Å². The topological polar surface area (TPSA) is 86.3 Å². The molecule has 0 bridgehead atoms.